The molecule has 1 heterocycles. The predicted octanol–water partition coefficient (Wildman–Crippen LogP) is 3.19. The quantitative estimate of drug-likeness (QED) is 0.929. The molecule has 0 amide bonds. The lowest BCUT2D eigenvalue weighted by molar-refractivity contribution is 0.317. The Balaban J connectivity index is 2.29. The van der Waals surface area contributed by atoms with Gasteiger partial charge in [0, 0.05) is 5.41 Å². The molecule has 0 bridgehead atoms. The lowest BCUT2D eigenvalue weighted by Crippen LogP contribution is -2.15. The number of ether oxygens (including phenoxy) is 1. The Morgan fingerprint density at radius 2 is 2.05 bits per heavy atom. The highest BCUT2D eigenvalue weighted by Crippen LogP contribution is 2.29. The summed E-state index contributed by atoms with van der Waals surface area (Å²) < 4.78 is 11.3. The van der Waals surface area contributed by atoms with Crippen LogP contribution >= 0.6 is 15.9 Å². The van der Waals surface area contributed by atoms with Crippen molar-refractivity contribution in [2.45, 2.75) is 32.2 Å². The van der Waals surface area contributed by atoms with E-state index >= 15 is 0 Å². The van der Waals surface area contributed by atoms with Crippen LogP contribution in [0.5, 0.6) is 5.75 Å². The minimum absolute atomic E-state index is 0.189. The number of nitrogens with zero attached hydrogens (tertiary/aromatic N) is 2. The highest BCUT2D eigenvalue weighted by Gasteiger charge is 2.24. The minimum atomic E-state index is -0.433. The maximum atomic E-state index is 6.19. The Bertz CT molecular complexity index is 605. The van der Waals surface area contributed by atoms with E-state index < -0.39 is 6.04 Å². The van der Waals surface area contributed by atoms with Crippen LogP contribution in [0.25, 0.3) is 0 Å². The van der Waals surface area contributed by atoms with Crippen LogP contribution in [0.4, 0.5) is 0 Å². The second kappa shape index (κ2) is 5.54. The van der Waals surface area contributed by atoms with Crippen LogP contribution in [-0.4, -0.2) is 17.3 Å². The van der Waals surface area contributed by atoms with E-state index in [-0.39, 0.29) is 5.41 Å². The van der Waals surface area contributed by atoms with Crippen molar-refractivity contribution < 1.29 is 9.26 Å². The Hall–Kier alpha value is -1.40. The van der Waals surface area contributed by atoms with Crippen molar-refractivity contribution in [1.82, 2.24) is 10.1 Å². The molecule has 0 aliphatic rings. The summed E-state index contributed by atoms with van der Waals surface area (Å²) in [5.41, 5.74) is 6.89. The average molecular weight is 340 g/mol. The zero-order chi connectivity index (χ0) is 14.9. The molecule has 5 nitrogen and oxygen atoms in total. The highest BCUT2D eigenvalue weighted by atomic mass is 79.9. The summed E-state index contributed by atoms with van der Waals surface area (Å²) in [6.45, 7) is 6.04. The first kappa shape index (κ1) is 15.0. The number of hydrogen-bond acceptors (Lipinski definition) is 5. The molecule has 1 atom stereocenters. The lowest BCUT2D eigenvalue weighted by atomic mass is 9.97. The average Bonchev–Trinajstić information content (AvgIpc) is 2.87. The van der Waals surface area contributed by atoms with E-state index in [1.165, 1.54) is 0 Å². The maximum Gasteiger partial charge on any atom is 0.232 e. The Kier molecular flexibility index (Phi) is 4.15. The molecular formula is C14H18BrN3O2. The van der Waals surface area contributed by atoms with Crippen molar-refractivity contribution in [3.63, 3.8) is 0 Å². The summed E-state index contributed by atoms with van der Waals surface area (Å²) in [5.74, 6) is 1.81. The molecule has 2 aromatic rings. The molecule has 0 fully saturated rings. The van der Waals surface area contributed by atoms with Crippen molar-refractivity contribution in [2.24, 2.45) is 5.73 Å². The molecule has 6 heteroatoms. The number of rotatable bonds is 3. The topological polar surface area (TPSA) is 74.2 Å². The van der Waals surface area contributed by atoms with Crippen LogP contribution in [0.2, 0.25) is 0 Å². The smallest absolute Gasteiger partial charge is 0.232 e. The number of nitrogens with two attached hydrogens (primary N) is 1. The summed E-state index contributed by atoms with van der Waals surface area (Å²) in [7, 11) is 1.62. The monoisotopic (exact) mass is 339 g/mol. The molecule has 0 aliphatic carbocycles. The van der Waals surface area contributed by atoms with Crippen molar-refractivity contribution in [3.8, 4) is 5.75 Å². The number of hydrogen-bond donors (Lipinski definition) is 1. The fourth-order valence-electron chi connectivity index (χ4n) is 1.69. The zero-order valence-corrected chi connectivity index (χ0v) is 13.6. The molecule has 2 rings (SSSR count). The molecule has 0 radical (unpaired) electrons. The molecule has 108 valence electrons. The predicted molar refractivity (Wildman–Crippen MR) is 79.7 cm³/mol. The second-order valence-corrected chi connectivity index (χ2v) is 6.43. The van der Waals surface area contributed by atoms with Gasteiger partial charge in [-0.1, -0.05) is 32.0 Å². The summed E-state index contributed by atoms with van der Waals surface area (Å²) in [6, 6.07) is 5.21. The standard InChI is InChI=1S/C14H18BrN3O2/c1-14(2,3)13-17-12(18-20-13)11(16)8-5-6-10(19-4)9(15)7-8/h5-7,11H,16H2,1-4H3. The fourth-order valence-corrected chi connectivity index (χ4v) is 2.25. The van der Waals surface area contributed by atoms with E-state index in [2.05, 4.69) is 26.1 Å². The molecule has 1 aromatic carbocycles. The summed E-state index contributed by atoms with van der Waals surface area (Å²) in [5, 5.41) is 3.97. The third-order valence-corrected chi connectivity index (χ3v) is 3.52. The van der Waals surface area contributed by atoms with Gasteiger partial charge in [0.25, 0.3) is 0 Å². The Labute approximate surface area is 126 Å². The van der Waals surface area contributed by atoms with Crippen LogP contribution in [0.3, 0.4) is 0 Å². The van der Waals surface area contributed by atoms with Gasteiger partial charge in [-0.3, -0.25) is 0 Å². The molecule has 2 N–H and O–H groups in total. The third-order valence-electron chi connectivity index (χ3n) is 2.90. The Morgan fingerprint density at radius 3 is 2.55 bits per heavy atom. The molecule has 20 heavy (non-hydrogen) atoms. The van der Waals surface area contributed by atoms with E-state index in [4.69, 9.17) is 15.0 Å². The first-order valence-corrected chi connectivity index (χ1v) is 7.05. The van der Waals surface area contributed by atoms with Crippen LogP contribution in [0.1, 0.15) is 44.1 Å². The number of halogens is 1. The van der Waals surface area contributed by atoms with E-state index in [0.29, 0.717) is 11.7 Å². The first-order chi connectivity index (χ1) is 9.32. The van der Waals surface area contributed by atoms with Crippen molar-refractivity contribution in [2.75, 3.05) is 7.11 Å². The fraction of sp³-hybridized carbons (Fsp3) is 0.429. The van der Waals surface area contributed by atoms with Crippen LogP contribution < -0.4 is 10.5 Å². The van der Waals surface area contributed by atoms with Crippen LogP contribution in [0, 0.1) is 0 Å². The SMILES string of the molecule is COc1ccc(C(N)c2noc(C(C)(C)C)n2)cc1Br. The van der Waals surface area contributed by atoms with Gasteiger partial charge in [0.15, 0.2) is 5.82 Å². The summed E-state index contributed by atoms with van der Waals surface area (Å²) in [6.07, 6.45) is 0. The lowest BCUT2D eigenvalue weighted by Gasteiger charge is -2.11. The third kappa shape index (κ3) is 3.02. The molecule has 1 unspecified atom stereocenters. The molecular weight excluding hydrogens is 322 g/mol. The van der Waals surface area contributed by atoms with E-state index in [0.717, 1.165) is 15.8 Å². The normalized spacial score (nSPS) is 13.3. The van der Waals surface area contributed by atoms with Gasteiger partial charge in [-0.25, -0.2) is 0 Å². The summed E-state index contributed by atoms with van der Waals surface area (Å²) in [4.78, 5) is 4.38. The number of benzene rings is 1. The molecule has 0 aliphatic heterocycles. The highest BCUT2D eigenvalue weighted by molar-refractivity contribution is 9.10. The molecule has 0 saturated heterocycles. The van der Waals surface area contributed by atoms with Gasteiger partial charge >= 0.3 is 0 Å². The van der Waals surface area contributed by atoms with E-state index in [9.17, 15) is 0 Å². The van der Waals surface area contributed by atoms with Crippen LogP contribution in [0.15, 0.2) is 27.2 Å². The maximum absolute atomic E-state index is 6.19. The van der Waals surface area contributed by atoms with Gasteiger partial charge in [-0.05, 0) is 33.6 Å². The number of aromatic nitrogens is 2. The second-order valence-electron chi connectivity index (χ2n) is 5.58. The van der Waals surface area contributed by atoms with Crippen LogP contribution in [-0.2, 0) is 5.41 Å². The van der Waals surface area contributed by atoms with Gasteiger partial charge in [0.1, 0.15) is 5.75 Å². The van der Waals surface area contributed by atoms with Crippen molar-refractivity contribution in [1.29, 1.82) is 0 Å². The van der Waals surface area contributed by atoms with Crippen molar-refractivity contribution >= 4 is 15.9 Å². The van der Waals surface area contributed by atoms with Gasteiger partial charge in [0.2, 0.25) is 5.89 Å². The first-order valence-electron chi connectivity index (χ1n) is 6.26. The van der Waals surface area contributed by atoms with Gasteiger partial charge < -0.3 is 15.0 Å². The van der Waals surface area contributed by atoms with Crippen molar-refractivity contribution in [3.05, 3.63) is 40.0 Å². The summed E-state index contributed by atoms with van der Waals surface area (Å²) >= 11 is 3.44. The van der Waals surface area contributed by atoms with Gasteiger partial charge in [-0.2, -0.15) is 4.98 Å². The number of methoxy groups -OCH3 is 1. The van der Waals surface area contributed by atoms with E-state index in [1.54, 1.807) is 7.11 Å². The van der Waals surface area contributed by atoms with Gasteiger partial charge in [-0.15, -0.1) is 0 Å². The minimum Gasteiger partial charge on any atom is -0.496 e. The Morgan fingerprint density at radius 1 is 1.35 bits per heavy atom. The van der Waals surface area contributed by atoms with E-state index in [1.807, 2.05) is 39.0 Å². The largest absolute Gasteiger partial charge is 0.496 e. The molecule has 0 saturated carbocycles. The zero-order valence-electron chi connectivity index (χ0n) is 12.0. The molecule has 0 spiro atoms. The molecule has 1 aromatic heterocycles. The van der Waals surface area contributed by atoms with Gasteiger partial charge in [0.05, 0.1) is 17.6 Å².